The van der Waals surface area contributed by atoms with Crippen LogP contribution < -0.4 is 10.1 Å². The van der Waals surface area contributed by atoms with Gasteiger partial charge in [0.1, 0.15) is 5.75 Å². The lowest BCUT2D eigenvalue weighted by Crippen LogP contribution is -2.13. The molecule has 0 saturated carbocycles. The molecule has 1 amide bonds. The van der Waals surface area contributed by atoms with Crippen molar-refractivity contribution in [3.8, 4) is 17.1 Å². The number of ether oxygens (including phenoxy) is 1. The van der Waals surface area contributed by atoms with E-state index in [4.69, 9.17) is 9.26 Å². The molecule has 0 aliphatic heterocycles. The zero-order chi connectivity index (χ0) is 19.2. The molecule has 5 heteroatoms. The molecule has 1 aromatic heterocycles. The van der Waals surface area contributed by atoms with E-state index in [1.807, 2.05) is 56.3 Å². The normalized spacial score (nSPS) is 10.6. The number of anilines is 1. The van der Waals surface area contributed by atoms with Crippen molar-refractivity contribution in [3.05, 3.63) is 65.4 Å². The highest BCUT2D eigenvalue weighted by Gasteiger charge is 2.15. The molecule has 1 N–H and O–H groups in total. The van der Waals surface area contributed by atoms with Crippen molar-refractivity contribution >= 4 is 11.6 Å². The molecule has 0 unspecified atom stereocenters. The highest BCUT2D eigenvalue weighted by Crippen LogP contribution is 2.24. The number of nitrogens with one attached hydrogen (secondary N) is 1. The maximum atomic E-state index is 12.5. The van der Waals surface area contributed by atoms with Gasteiger partial charge < -0.3 is 14.6 Å². The molecule has 0 bridgehead atoms. The first-order valence-corrected chi connectivity index (χ1v) is 9.15. The third-order valence-electron chi connectivity index (χ3n) is 4.29. The van der Waals surface area contributed by atoms with E-state index in [0.717, 1.165) is 41.0 Å². The smallest absolute Gasteiger partial charge is 0.277 e. The SMILES string of the molecule is CCCCOc1ccc(-c2cc(C(=O)Nc3cc(C)ccc3C)no2)cc1. The van der Waals surface area contributed by atoms with Crippen LogP contribution in [0, 0.1) is 13.8 Å². The Labute approximate surface area is 159 Å². The second-order valence-electron chi connectivity index (χ2n) is 6.58. The topological polar surface area (TPSA) is 64.4 Å². The Balaban J connectivity index is 1.68. The predicted octanol–water partition coefficient (Wildman–Crippen LogP) is 5.39. The van der Waals surface area contributed by atoms with Crippen LogP contribution >= 0.6 is 0 Å². The number of unbranched alkanes of at least 4 members (excludes halogenated alkanes) is 1. The number of amides is 1. The molecule has 0 radical (unpaired) electrons. The molecular formula is C22H24N2O3. The van der Waals surface area contributed by atoms with Crippen LogP contribution in [0.25, 0.3) is 11.3 Å². The Hall–Kier alpha value is -3.08. The number of benzene rings is 2. The molecule has 1 heterocycles. The Morgan fingerprint density at radius 1 is 1.11 bits per heavy atom. The van der Waals surface area contributed by atoms with Crippen LogP contribution in [0.1, 0.15) is 41.4 Å². The van der Waals surface area contributed by atoms with E-state index in [2.05, 4.69) is 17.4 Å². The Bertz CT molecular complexity index is 914. The maximum Gasteiger partial charge on any atom is 0.277 e. The van der Waals surface area contributed by atoms with Gasteiger partial charge in [0.05, 0.1) is 6.61 Å². The monoisotopic (exact) mass is 364 g/mol. The van der Waals surface area contributed by atoms with Crippen molar-refractivity contribution in [2.24, 2.45) is 0 Å². The molecule has 3 rings (SSSR count). The fraction of sp³-hybridized carbons (Fsp3) is 0.273. The van der Waals surface area contributed by atoms with Crippen LogP contribution in [0.4, 0.5) is 5.69 Å². The first kappa shape index (κ1) is 18.7. The molecule has 140 valence electrons. The molecule has 0 saturated heterocycles. The van der Waals surface area contributed by atoms with Crippen molar-refractivity contribution in [2.45, 2.75) is 33.6 Å². The van der Waals surface area contributed by atoms with Crippen molar-refractivity contribution < 1.29 is 14.1 Å². The van der Waals surface area contributed by atoms with Crippen LogP contribution in [0.2, 0.25) is 0 Å². The summed E-state index contributed by atoms with van der Waals surface area (Å²) in [6, 6.07) is 15.1. The summed E-state index contributed by atoms with van der Waals surface area (Å²) in [4.78, 5) is 12.5. The summed E-state index contributed by atoms with van der Waals surface area (Å²) in [6.45, 7) is 6.78. The molecule has 2 aromatic carbocycles. The summed E-state index contributed by atoms with van der Waals surface area (Å²) in [5.41, 5.74) is 3.94. The van der Waals surface area contributed by atoms with E-state index < -0.39 is 0 Å². The first-order valence-electron chi connectivity index (χ1n) is 9.15. The molecule has 5 nitrogen and oxygen atoms in total. The number of hydrogen-bond donors (Lipinski definition) is 1. The van der Waals surface area contributed by atoms with Crippen LogP contribution in [-0.2, 0) is 0 Å². The maximum absolute atomic E-state index is 12.5. The molecule has 0 aliphatic rings. The first-order chi connectivity index (χ1) is 13.1. The Kier molecular flexibility index (Phi) is 5.91. The minimum Gasteiger partial charge on any atom is -0.494 e. The molecule has 27 heavy (non-hydrogen) atoms. The Morgan fingerprint density at radius 2 is 1.89 bits per heavy atom. The summed E-state index contributed by atoms with van der Waals surface area (Å²) >= 11 is 0. The van der Waals surface area contributed by atoms with Gasteiger partial charge in [-0.1, -0.05) is 30.6 Å². The van der Waals surface area contributed by atoms with Gasteiger partial charge in [-0.2, -0.15) is 0 Å². The minimum absolute atomic E-state index is 0.245. The summed E-state index contributed by atoms with van der Waals surface area (Å²) in [5, 5.41) is 6.79. The van der Waals surface area contributed by atoms with Gasteiger partial charge in [0.15, 0.2) is 11.5 Å². The molecule has 0 atom stereocenters. The molecular weight excluding hydrogens is 340 g/mol. The van der Waals surface area contributed by atoms with Crippen molar-refractivity contribution in [2.75, 3.05) is 11.9 Å². The quantitative estimate of drug-likeness (QED) is 0.571. The highest BCUT2D eigenvalue weighted by molar-refractivity contribution is 6.03. The third kappa shape index (κ3) is 4.76. The van der Waals surface area contributed by atoms with Gasteiger partial charge in [0.2, 0.25) is 0 Å². The largest absolute Gasteiger partial charge is 0.494 e. The second-order valence-corrected chi connectivity index (χ2v) is 6.58. The van der Waals surface area contributed by atoms with E-state index in [0.29, 0.717) is 12.4 Å². The van der Waals surface area contributed by atoms with Gasteiger partial charge in [0, 0.05) is 17.3 Å². The summed E-state index contributed by atoms with van der Waals surface area (Å²) in [5.74, 6) is 1.07. The van der Waals surface area contributed by atoms with Gasteiger partial charge in [-0.3, -0.25) is 4.79 Å². The average Bonchev–Trinajstić information content (AvgIpc) is 3.16. The number of nitrogens with zero attached hydrogens (tertiary/aromatic N) is 1. The number of aryl methyl sites for hydroxylation is 2. The van der Waals surface area contributed by atoms with Gasteiger partial charge >= 0.3 is 0 Å². The molecule has 0 spiro atoms. The molecule has 3 aromatic rings. The van der Waals surface area contributed by atoms with E-state index in [-0.39, 0.29) is 11.6 Å². The number of carbonyl (C=O) groups is 1. The van der Waals surface area contributed by atoms with Crippen LogP contribution in [0.15, 0.2) is 53.1 Å². The predicted molar refractivity (Wildman–Crippen MR) is 106 cm³/mol. The Morgan fingerprint density at radius 3 is 2.63 bits per heavy atom. The minimum atomic E-state index is -0.293. The van der Waals surface area contributed by atoms with E-state index >= 15 is 0 Å². The average molecular weight is 364 g/mol. The lowest BCUT2D eigenvalue weighted by atomic mass is 10.1. The molecule has 0 fully saturated rings. The van der Waals surface area contributed by atoms with Gasteiger partial charge in [0.25, 0.3) is 5.91 Å². The number of hydrogen-bond acceptors (Lipinski definition) is 4. The van der Waals surface area contributed by atoms with Crippen molar-refractivity contribution in [3.63, 3.8) is 0 Å². The van der Waals surface area contributed by atoms with Crippen molar-refractivity contribution in [1.82, 2.24) is 5.16 Å². The van der Waals surface area contributed by atoms with Crippen LogP contribution in [0.3, 0.4) is 0 Å². The lowest BCUT2D eigenvalue weighted by molar-refractivity contribution is 0.101. The zero-order valence-corrected chi connectivity index (χ0v) is 15.9. The van der Waals surface area contributed by atoms with E-state index in [1.54, 1.807) is 6.07 Å². The van der Waals surface area contributed by atoms with Gasteiger partial charge in [-0.15, -0.1) is 0 Å². The number of carbonyl (C=O) groups excluding carboxylic acids is 1. The number of aromatic nitrogens is 1. The highest BCUT2D eigenvalue weighted by atomic mass is 16.5. The van der Waals surface area contributed by atoms with Gasteiger partial charge in [-0.05, 0) is 61.7 Å². The summed E-state index contributed by atoms with van der Waals surface area (Å²) in [7, 11) is 0. The second kappa shape index (κ2) is 8.54. The zero-order valence-electron chi connectivity index (χ0n) is 15.9. The van der Waals surface area contributed by atoms with Crippen LogP contribution in [-0.4, -0.2) is 17.7 Å². The number of rotatable bonds is 7. The third-order valence-corrected chi connectivity index (χ3v) is 4.29. The standard InChI is InChI=1S/C22H24N2O3/c1-4-5-12-26-18-10-8-17(9-11-18)21-14-20(24-27-21)22(25)23-19-13-15(2)6-7-16(19)3/h6-11,13-14H,4-5,12H2,1-3H3,(H,23,25). The van der Waals surface area contributed by atoms with E-state index in [9.17, 15) is 4.79 Å². The lowest BCUT2D eigenvalue weighted by Gasteiger charge is -2.07. The van der Waals surface area contributed by atoms with Crippen molar-refractivity contribution in [1.29, 1.82) is 0 Å². The summed E-state index contributed by atoms with van der Waals surface area (Å²) < 4.78 is 11.0. The van der Waals surface area contributed by atoms with E-state index in [1.165, 1.54) is 0 Å². The fourth-order valence-electron chi connectivity index (χ4n) is 2.62. The fourth-order valence-corrected chi connectivity index (χ4v) is 2.62. The molecule has 0 aliphatic carbocycles. The summed E-state index contributed by atoms with van der Waals surface area (Å²) in [6.07, 6.45) is 2.13. The van der Waals surface area contributed by atoms with Gasteiger partial charge in [-0.25, -0.2) is 0 Å². The van der Waals surface area contributed by atoms with Crippen LogP contribution in [0.5, 0.6) is 5.75 Å².